The number of furan rings is 1. The van der Waals surface area contributed by atoms with Crippen molar-refractivity contribution < 1.29 is 14.3 Å². The Morgan fingerprint density at radius 2 is 2.22 bits per heavy atom. The Balaban J connectivity index is 1.66. The van der Waals surface area contributed by atoms with Crippen molar-refractivity contribution in [2.75, 3.05) is 6.54 Å². The van der Waals surface area contributed by atoms with Gasteiger partial charge in [0.2, 0.25) is 0 Å². The lowest BCUT2D eigenvalue weighted by atomic mass is 10.1. The number of nitrogens with one attached hydrogen (secondary N) is 2. The molecule has 2 aromatic rings. The number of aromatic nitrogens is 1. The highest BCUT2D eigenvalue weighted by Crippen LogP contribution is 2.18. The van der Waals surface area contributed by atoms with Crippen LogP contribution < -0.4 is 10.6 Å². The molecular weight excluding hydrogens is 294 g/mol. The highest BCUT2D eigenvalue weighted by atomic mass is 16.4. The fourth-order valence-corrected chi connectivity index (χ4v) is 2.23. The van der Waals surface area contributed by atoms with Crippen LogP contribution in [0.5, 0.6) is 0 Å². The van der Waals surface area contributed by atoms with Crippen molar-refractivity contribution in [3.8, 4) is 0 Å². The number of carbonyl (C=O) groups is 1. The molecule has 0 aliphatic rings. The number of aliphatic hydroxyl groups excluding tert-OH is 1. The minimum absolute atomic E-state index is 0.170. The third-order valence-electron chi connectivity index (χ3n) is 3.50. The average molecular weight is 317 g/mol. The summed E-state index contributed by atoms with van der Waals surface area (Å²) in [6.45, 7) is 4.31. The van der Waals surface area contributed by atoms with Crippen LogP contribution in [0, 0.1) is 6.92 Å². The van der Waals surface area contributed by atoms with Gasteiger partial charge in [0.25, 0.3) is 0 Å². The maximum absolute atomic E-state index is 11.8. The molecule has 2 rings (SSSR count). The molecule has 0 saturated carbocycles. The molecular formula is C17H23N3O3. The molecule has 2 heterocycles. The molecule has 23 heavy (non-hydrogen) atoms. The quantitative estimate of drug-likeness (QED) is 0.731. The summed E-state index contributed by atoms with van der Waals surface area (Å²) < 4.78 is 5.14. The number of hydrogen-bond acceptors (Lipinski definition) is 4. The zero-order valence-corrected chi connectivity index (χ0v) is 13.5. The summed E-state index contributed by atoms with van der Waals surface area (Å²) >= 11 is 0. The van der Waals surface area contributed by atoms with E-state index in [-0.39, 0.29) is 12.1 Å². The van der Waals surface area contributed by atoms with E-state index in [9.17, 15) is 9.90 Å². The van der Waals surface area contributed by atoms with E-state index < -0.39 is 6.10 Å². The van der Waals surface area contributed by atoms with Crippen molar-refractivity contribution in [3.05, 3.63) is 53.7 Å². The highest BCUT2D eigenvalue weighted by Gasteiger charge is 2.16. The summed E-state index contributed by atoms with van der Waals surface area (Å²) in [5.74, 6) is 0.505. The maximum atomic E-state index is 11.8. The Hall–Kier alpha value is -2.34. The molecule has 0 fully saturated rings. The van der Waals surface area contributed by atoms with Crippen LogP contribution in [0.3, 0.4) is 0 Å². The number of rotatable bonds is 7. The SMILES string of the molecule is Cc1ccc(CCNC(=O)N[C@H](C)C[C@H](O)c2ccco2)cn1. The van der Waals surface area contributed by atoms with E-state index in [1.807, 2.05) is 32.2 Å². The van der Waals surface area contributed by atoms with E-state index in [1.54, 1.807) is 12.1 Å². The molecule has 6 heteroatoms. The Morgan fingerprint density at radius 1 is 1.39 bits per heavy atom. The average Bonchev–Trinajstić information content (AvgIpc) is 3.03. The van der Waals surface area contributed by atoms with E-state index in [4.69, 9.17) is 4.42 Å². The smallest absolute Gasteiger partial charge is 0.315 e. The molecule has 0 spiro atoms. The predicted molar refractivity (Wildman–Crippen MR) is 87.0 cm³/mol. The van der Waals surface area contributed by atoms with Crippen LogP contribution in [0.2, 0.25) is 0 Å². The van der Waals surface area contributed by atoms with E-state index in [1.165, 1.54) is 6.26 Å². The van der Waals surface area contributed by atoms with Crippen molar-refractivity contribution in [3.63, 3.8) is 0 Å². The Kier molecular flexibility index (Phi) is 6.17. The monoisotopic (exact) mass is 317 g/mol. The minimum atomic E-state index is -0.723. The molecule has 0 saturated heterocycles. The van der Waals surface area contributed by atoms with Gasteiger partial charge < -0.3 is 20.2 Å². The third-order valence-corrected chi connectivity index (χ3v) is 3.50. The van der Waals surface area contributed by atoms with Crippen LogP contribution in [0.1, 0.15) is 36.5 Å². The number of carbonyl (C=O) groups excluding carboxylic acids is 1. The topological polar surface area (TPSA) is 87.4 Å². The van der Waals surface area contributed by atoms with Crippen LogP contribution >= 0.6 is 0 Å². The molecule has 124 valence electrons. The van der Waals surface area contributed by atoms with Gasteiger partial charge in [0.05, 0.1) is 6.26 Å². The van der Waals surface area contributed by atoms with Crippen LogP contribution in [0.25, 0.3) is 0 Å². The number of nitrogens with zero attached hydrogens (tertiary/aromatic N) is 1. The number of aryl methyl sites for hydroxylation is 1. The van der Waals surface area contributed by atoms with Gasteiger partial charge in [-0.15, -0.1) is 0 Å². The van der Waals surface area contributed by atoms with E-state index in [0.29, 0.717) is 18.7 Å². The normalized spacial score (nSPS) is 13.3. The molecule has 2 aromatic heterocycles. The molecule has 0 radical (unpaired) electrons. The summed E-state index contributed by atoms with van der Waals surface area (Å²) in [5, 5.41) is 15.6. The van der Waals surface area contributed by atoms with Crippen molar-refractivity contribution in [2.24, 2.45) is 0 Å². The number of pyridine rings is 1. The van der Waals surface area contributed by atoms with Gasteiger partial charge >= 0.3 is 6.03 Å². The molecule has 0 aliphatic heterocycles. The summed E-state index contributed by atoms with van der Waals surface area (Å²) in [7, 11) is 0. The first-order valence-corrected chi connectivity index (χ1v) is 7.72. The lowest BCUT2D eigenvalue weighted by molar-refractivity contribution is 0.129. The van der Waals surface area contributed by atoms with Crippen LogP contribution in [0.4, 0.5) is 4.79 Å². The van der Waals surface area contributed by atoms with Gasteiger partial charge in [-0.1, -0.05) is 6.07 Å². The van der Waals surface area contributed by atoms with Crippen molar-refractivity contribution in [1.82, 2.24) is 15.6 Å². The lowest BCUT2D eigenvalue weighted by Crippen LogP contribution is -2.42. The van der Waals surface area contributed by atoms with Gasteiger partial charge in [-0.05, 0) is 44.0 Å². The van der Waals surface area contributed by atoms with E-state index in [2.05, 4.69) is 15.6 Å². The van der Waals surface area contributed by atoms with Crippen LogP contribution in [-0.4, -0.2) is 28.7 Å². The number of aliphatic hydroxyl groups is 1. The van der Waals surface area contributed by atoms with Gasteiger partial charge in [-0.3, -0.25) is 4.98 Å². The molecule has 3 N–H and O–H groups in total. The second-order valence-electron chi connectivity index (χ2n) is 5.63. The van der Waals surface area contributed by atoms with Gasteiger partial charge in [-0.2, -0.15) is 0 Å². The van der Waals surface area contributed by atoms with Crippen molar-refractivity contribution in [1.29, 1.82) is 0 Å². The first-order valence-electron chi connectivity index (χ1n) is 7.72. The number of hydrogen-bond donors (Lipinski definition) is 3. The molecule has 0 aliphatic carbocycles. The first kappa shape index (κ1) is 17.0. The number of amides is 2. The summed E-state index contributed by atoms with van der Waals surface area (Å²) in [5.41, 5.74) is 2.06. The largest absolute Gasteiger partial charge is 0.467 e. The maximum Gasteiger partial charge on any atom is 0.315 e. The number of urea groups is 1. The van der Waals surface area contributed by atoms with E-state index in [0.717, 1.165) is 17.7 Å². The molecule has 0 aromatic carbocycles. The second kappa shape index (κ2) is 8.33. The van der Waals surface area contributed by atoms with Crippen LogP contribution in [0.15, 0.2) is 41.1 Å². The predicted octanol–water partition coefficient (Wildman–Crippen LogP) is 2.34. The summed E-state index contributed by atoms with van der Waals surface area (Å²) in [6, 6.07) is 6.98. The highest BCUT2D eigenvalue weighted by molar-refractivity contribution is 5.74. The summed E-state index contributed by atoms with van der Waals surface area (Å²) in [6.07, 6.45) is 3.73. The third kappa shape index (κ3) is 5.75. The molecule has 2 amide bonds. The van der Waals surface area contributed by atoms with E-state index >= 15 is 0 Å². The fourth-order valence-electron chi connectivity index (χ4n) is 2.23. The van der Waals surface area contributed by atoms with Crippen molar-refractivity contribution in [2.45, 2.75) is 38.8 Å². The molecule has 6 nitrogen and oxygen atoms in total. The zero-order valence-electron chi connectivity index (χ0n) is 13.5. The van der Waals surface area contributed by atoms with Gasteiger partial charge in [0.15, 0.2) is 0 Å². The first-order chi connectivity index (χ1) is 11.0. The van der Waals surface area contributed by atoms with Gasteiger partial charge in [0.1, 0.15) is 11.9 Å². The molecule has 0 unspecified atom stereocenters. The summed E-state index contributed by atoms with van der Waals surface area (Å²) in [4.78, 5) is 16.0. The molecule has 2 atom stereocenters. The standard InChI is InChI=1S/C17H23N3O3/c1-12-5-6-14(11-19-12)7-8-18-17(22)20-13(2)10-15(21)16-4-3-9-23-16/h3-6,9,11,13,15,21H,7-8,10H2,1-2H3,(H2,18,20,22)/t13-,15+/m1/s1. The van der Waals surface area contributed by atoms with Gasteiger partial charge in [-0.25, -0.2) is 4.79 Å². The fraction of sp³-hybridized carbons (Fsp3) is 0.412. The Labute approximate surface area is 135 Å². The van der Waals surface area contributed by atoms with Gasteiger partial charge in [0, 0.05) is 30.9 Å². The van der Waals surface area contributed by atoms with Crippen molar-refractivity contribution >= 4 is 6.03 Å². The zero-order chi connectivity index (χ0) is 16.7. The Morgan fingerprint density at radius 3 is 2.87 bits per heavy atom. The second-order valence-corrected chi connectivity index (χ2v) is 5.63. The Bertz CT molecular complexity index is 596. The lowest BCUT2D eigenvalue weighted by Gasteiger charge is -2.17. The van der Waals surface area contributed by atoms with Crippen LogP contribution in [-0.2, 0) is 6.42 Å². The molecule has 0 bridgehead atoms. The minimum Gasteiger partial charge on any atom is -0.467 e.